The highest BCUT2D eigenvalue weighted by molar-refractivity contribution is 5.74. The van der Waals surface area contributed by atoms with Crippen LogP contribution in [-0.4, -0.2) is 22.2 Å². The highest BCUT2D eigenvalue weighted by atomic mass is 16.4. The molecule has 4 heteroatoms. The minimum atomic E-state index is -0.655. The Morgan fingerprint density at radius 1 is 0.386 bits per heavy atom. The Morgan fingerprint density at radius 3 is 0.886 bits per heavy atom. The zero-order valence-corrected chi connectivity index (χ0v) is 30.5. The zero-order chi connectivity index (χ0) is 33.0. The summed E-state index contributed by atoms with van der Waals surface area (Å²) in [5, 5.41) is 18.2. The molecule has 0 aliphatic heterocycles. The minimum absolute atomic E-state index is 0.345. The molecule has 0 bridgehead atoms. The third-order valence-electron chi connectivity index (χ3n) is 9.64. The van der Waals surface area contributed by atoms with Gasteiger partial charge in [0.15, 0.2) is 0 Å². The molecule has 0 aromatic heterocycles. The van der Waals surface area contributed by atoms with Gasteiger partial charge in [0.1, 0.15) is 0 Å². The van der Waals surface area contributed by atoms with Crippen LogP contribution in [0.2, 0.25) is 0 Å². The number of carboxylic acids is 2. The van der Waals surface area contributed by atoms with Crippen LogP contribution < -0.4 is 0 Å². The van der Waals surface area contributed by atoms with Gasteiger partial charge in [0.05, 0.1) is 5.41 Å². The predicted molar refractivity (Wildman–Crippen MR) is 193 cm³/mol. The molecule has 0 aromatic rings. The molecule has 0 spiro atoms. The molecule has 0 amide bonds. The van der Waals surface area contributed by atoms with Gasteiger partial charge in [0.25, 0.3) is 0 Å². The highest BCUT2D eigenvalue weighted by Gasteiger charge is 2.35. The molecule has 1 atom stereocenters. The summed E-state index contributed by atoms with van der Waals surface area (Å²) in [4.78, 5) is 22.1. The summed E-state index contributed by atoms with van der Waals surface area (Å²) in [6, 6.07) is 0. The second-order valence-electron chi connectivity index (χ2n) is 13.8. The van der Waals surface area contributed by atoms with Crippen LogP contribution in [-0.2, 0) is 9.59 Å². The largest absolute Gasteiger partial charge is 0.481 e. The van der Waals surface area contributed by atoms with Crippen molar-refractivity contribution in [2.45, 2.75) is 240 Å². The van der Waals surface area contributed by atoms with Crippen LogP contribution in [0, 0.1) is 5.41 Å². The summed E-state index contributed by atoms with van der Waals surface area (Å²) < 4.78 is 0. The van der Waals surface area contributed by atoms with Gasteiger partial charge in [0.2, 0.25) is 0 Å². The smallest absolute Gasteiger partial charge is 0.309 e. The summed E-state index contributed by atoms with van der Waals surface area (Å²) in [5.74, 6) is -1.21. The standard InChI is InChI=1S/C24H48O2.C16H32O2/c1-4-7-9-11-12-13-14-15-16-17-18-20-22-24(6-3,23(25)26)21-19-10-8-5-2;1-2-3-4-5-6-7-8-9-10-11-12-13-14-15-16(17)18/h4-22H2,1-3H3,(H,25,26);2-15H2,1H3,(H,17,18). The van der Waals surface area contributed by atoms with E-state index in [0.717, 1.165) is 44.9 Å². The van der Waals surface area contributed by atoms with Crippen molar-refractivity contribution in [1.29, 1.82) is 0 Å². The molecule has 0 saturated carbocycles. The number of carbonyl (C=O) groups is 2. The molecule has 0 rings (SSSR count). The first-order valence-corrected chi connectivity index (χ1v) is 19.8. The molecular formula is C40H80O4. The second-order valence-corrected chi connectivity index (χ2v) is 13.8. The van der Waals surface area contributed by atoms with E-state index < -0.39 is 17.4 Å². The topological polar surface area (TPSA) is 74.6 Å². The normalized spacial score (nSPS) is 12.5. The van der Waals surface area contributed by atoms with E-state index in [2.05, 4.69) is 27.7 Å². The first-order valence-electron chi connectivity index (χ1n) is 19.8. The lowest BCUT2D eigenvalue weighted by molar-refractivity contribution is -0.150. The molecule has 4 nitrogen and oxygen atoms in total. The van der Waals surface area contributed by atoms with Crippen molar-refractivity contribution in [2.75, 3.05) is 0 Å². The number of aliphatic carboxylic acids is 2. The fourth-order valence-electron chi connectivity index (χ4n) is 6.33. The summed E-state index contributed by atoms with van der Waals surface area (Å²) in [6.45, 7) is 8.80. The van der Waals surface area contributed by atoms with Gasteiger partial charge >= 0.3 is 11.9 Å². The molecule has 0 aliphatic carbocycles. The Bertz CT molecular complexity index is 590. The molecule has 44 heavy (non-hydrogen) atoms. The van der Waals surface area contributed by atoms with Gasteiger partial charge in [-0.15, -0.1) is 0 Å². The Hall–Kier alpha value is -1.06. The van der Waals surface area contributed by atoms with Crippen LogP contribution in [0.1, 0.15) is 240 Å². The van der Waals surface area contributed by atoms with Crippen molar-refractivity contribution in [3.05, 3.63) is 0 Å². The molecule has 0 aromatic carbocycles. The van der Waals surface area contributed by atoms with E-state index in [4.69, 9.17) is 5.11 Å². The lowest BCUT2D eigenvalue weighted by atomic mass is 9.76. The first kappa shape index (κ1) is 45.1. The first-order chi connectivity index (χ1) is 21.4. The number of hydrogen-bond acceptors (Lipinski definition) is 2. The monoisotopic (exact) mass is 625 g/mol. The van der Waals surface area contributed by atoms with Crippen LogP contribution in [0.25, 0.3) is 0 Å². The number of unbranched alkanes of at least 4 members (excludes halogenated alkanes) is 26. The summed E-state index contributed by atoms with van der Waals surface area (Å²) in [7, 11) is 0. The second kappa shape index (κ2) is 36.4. The van der Waals surface area contributed by atoms with E-state index in [1.807, 2.05) is 0 Å². The van der Waals surface area contributed by atoms with Gasteiger partial charge in [-0.1, -0.05) is 207 Å². The van der Waals surface area contributed by atoms with E-state index in [1.165, 1.54) is 161 Å². The lowest BCUT2D eigenvalue weighted by Crippen LogP contribution is -2.30. The molecule has 264 valence electrons. The third-order valence-corrected chi connectivity index (χ3v) is 9.64. The average molecular weight is 625 g/mol. The van der Waals surface area contributed by atoms with Crippen LogP contribution in [0.5, 0.6) is 0 Å². The Morgan fingerprint density at radius 2 is 0.636 bits per heavy atom. The highest BCUT2D eigenvalue weighted by Crippen LogP contribution is 2.35. The molecule has 1 unspecified atom stereocenters. The zero-order valence-electron chi connectivity index (χ0n) is 30.5. The van der Waals surface area contributed by atoms with Crippen molar-refractivity contribution in [3.63, 3.8) is 0 Å². The maximum absolute atomic E-state index is 11.8. The lowest BCUT2D eigenvalue weighted by Gasteiger charge is -2.28. The summed E-state index contributed by atoms with van der Waals surface area (Å²) in [6.07, 6.45) is 40.5. The summed E-state index contributed by atoms with van der Waals surface area (Å²) in [5.41, 5.74) is -0.452. The minimum Gasteiger partial charge on any atom is -0.481 e. The number of hydrogen-bond donors (Lipinski definition) is 2. The molecule has 2 N–H and O–H groups in total. The van der Waals surface area contributed by atoms with E-state index in [-0.39, 0.29) is 0 Å². The maximum atomic E-state index is 11.8. The quantitative estimate of drug-likeness (QED) is 0.0698. The van der Waals surface area contributed by atoms with E-state index in [9.17, 15) is 14.7 Å². The van der Waals surface area contributed by atoms with Crippen LogP contribution in [0.3, 0.4) is 0 Å². The van der Waals surface area contributed by atoms with E-state index in [1.54, 1.807) is 0 Å². The van der Waals surface area contributed by atoms with Crippen molar-refractivity contribution >= 4 is 11.9 Å². The van der Waals surface area contributed by atoms with Gasteiger partial charge in [-0.2, -0.15) is 0 Å². The fraction of sp³-hybridized carbons (Fsp3) is 0.950. The maximum Gasteiger partial charge on any atom is 0.309 e. The van der Waals surface area contributed by atoms with E-state index in [0.29, 0.717) is 6.42 Å². The van der Waals surface area contributed by atoms with Crippen molar-refractivity contribution < 1.29 is 19.8 Å². The SMILES string of the molecule is CCCCCCCCCCCCCCC(CC)(CCCCCC)C(=O)O.CCCCCCCCCCCCCCCC(=O)O. The van der Waals surface area contributed by atoms with E-state index >= 15 is 0 Å². The summed E-state index contributed by atoms with van der Waals surface area (Å²) >= 11 is 0. The molecular weight excluding hydrogens is 544 g/mol. The van der Waals surface area contributed by atoms with Crippen LogP contribution in [0.15, 0.2) is 0 Å². The third kappa shape index (κ3) is 32.3. The Balaban J connectivity index is 0. The van der Waals surface area contributed by atoms with Crippen LogP contribution in [0.4, 0.5) is 0 Å². The predicted octanol–water partition coefficient (Wildman–Crippen LogP) is 14.1. The number of carboxylic acid groups (broad SMARTS) is 2. The number of rotatable bonds is 34. The van der Waals surface area contributed by atoms with Crippen molar-refractivity contribution in [3.8, 4) is 0 Å². The Kier molecular flexibility index (Phi) is 37.3. The molecule has 0 saturated heterocycles. The van der Waals surface area contributed by atoms with Gasteiger partial charge < -0.3 is 10.2 Å². The molecule has 0 radical (unpaired) electrons. The van der Waals surface area contributed by atoms with Gasteiger partial charge in [-0.3, -0.25) is 9.59 Å². The average Bonchev–Trinajstić information content (AvgIpc) is 3.01. The Labute approximate surface area is 276 Å². The van der Waals surface area contributed by atoms with Crippen molar-refractivity contribution in [1.82, 2.24) is 0 Å². The fourth-order valence-corrected chi connectivity index (χ4v) is 6.33. The molecule has 0 fully saturated rings. The molecule has 0 aliphatic rings. The molecule has 0 heterocycles. The van der Waals surface area contributed by atoms with Gasteiger partial charge in [0, 0.05) is 6.42 Å². The van der Waals surface area contributed by atoms with Gasteiger partial charge in [-0.25, -0.2) is 0 Å². The van der Waals surface area contributed by atoms with Gasteiger partial charge in [-0.05, 0) is 25.7 Å². The van der Waals surface area contributed by atoms with Crippen molar-refractivity contribution in [2.24, 2.45) is 5.41 Å². The van der Waals surface area contributed by atoms with Crippen LogP contribution >= 0.6 is 0 Å².